The molecule has 0 atom stereocenters. The minimum atomic E-state index is 0.537. The van der Waals surface area contributed by atoms with E-state index in [2.05, 4.69) is 12.1 Å². The van der Waals surface area contributed by atoms with Crippen LogP contribution in [0.4, 0.5) is 5.69 Å². The summed E-state index contributed by atoms with van der Waals surface area (Å²) in [4.78, 5) is 0. The van der Waals surface area contributed by atoms with Crippen LogP contribution in [0, 0.1) is 0 Å². The summed E-state index contributed by atoms with van der Waals surface area (Å²) >= 11 is 12.7. The van der Waals surface area contributed by atoms with E-state index in [9.17, 15) is 0 Å². The van der Waals surface area contributed by atoms with E-state index in [0.29, 0.717) is 16.6 Å². The summed E-state index contributed by atoms with van der Waals surface area (Å²) in [5, 5.41) is 12.8. The number of hydrogen-bond acceptors (Lipinski definition) is 3. The molecule has 0 aliphatic rings. The zero-order valence-electron chi connectivity index (χ0n) is 18.8. The molecule has 0 saturated carbocycles. The van der Waals surface area contributed by atoms with Gasteiger partial charge in [-0.2, -0.15) is 10.2 Å². The Morgan fingerprint density at radius 3 is 2.14 bits per heavy atom. The smallest absolute Gasteiger partial charge is 0.103 e. The molecule has 5 rings (SSSR count). The Morgan fingerprint density at radius 2 is 1.46 bits per heavy atom. The largest absolute Gasteiger partial charge is 0.261 e. The van der Waals surface area contributed by atoms with Crippen molar-refractivity contribution in [2.75, 3.05) is 5.01 Å². The lowest BCUT2D eigenvalue weighted by atomic mass is 10.1. The van der Waals surface area contributed by atoms with E-state index in [1.165, 1.54) is 0 Å². The van der Waals surface area contributed by atoms with Gasteiger partial charge in [-0.1, -0.05) is 89.9 Å². The van der Waals surface area contributed by atoms with E-state index in [-0.39, 0.29) is 0 Å². The van der Waals surface area contributed by atoms with Crippen molar-refractivity contribution in [3.05, 3.63) is 137 Å². The maximum atomic E-state index is 6.57. The number of hydrazone groups is 1. The third kappa shape index (κ3) is 5.46. The van der Waals surface area contributed by atoms with Crippen LogP contribution < -0.4 is 5.01 Å². The summed E-state index contributed by atoms with van der Waals surface area (Å²) in [5.74, 6) is 0. The van der Waals surface area contributed by atoms with Crippen molar-refractivity contribution in [1.82, 2.24) is 9.78 Å². The predicted octanol–water partition coefficient (Wildman–Crippen LogP) is 7.89. The summed E-state index contributed by atoms with van der Waals surface area (Å²) in [5.41, 5.74) is 5.46. The highest BCUT2D eigenvalue weighted by molar-refractivity contribution is 6.36. The average molecular weight is 497 g/mol. The SMILES string of the molecule is Clc1ccc(-c2nn(-c3ccccc3)cc2/C=N\N(Cc2ccccc2)c2ccccc2)c(Cl)c1. The maximum Gasteiger partial charge on any atom is 0.103 e. The topological polar surface area (TPSA) is 33.4 Å². The zero-order chi connectivity index (χ0) is 24.0. The van der Waals surface area contributed by atoms with Crippen molar-refractivity contribution < 1.29 is 0 Å². The molecule has 0 saturated heterocycles. The van der Waals surface area contributed by atoms with Gasteiger partial charge in [0, 0.05) is 22.3 Å². The van der Waals surface area contributed by atoms with Gasteiger partial charge in [0.15, 0.2) is 0 Å². The molecule has 4 aromatic carbocycles. The van der Waals surface area contributed by atoms with Gasteiger partial charge in [0.05, 0.1) is 29.2 Å². The Bertz CT molecular complexity index is 1430. The van der Waals surface area contributed by atoms with E-state index in [1.807, 2.05) is 113 Å². The number of aromatic nitrogens is 2. The first kappa shape index (κ1) is 22.9. The second kappa shape index (κ2) is 10.6. The molecule has 172 valence electrons. The van der Waals surface area contributed by atoms with Gasteiger partial charge >= 0.3 is 0 Å². The van der Waals surface area contributed by atoms with Gasteiger partial charge in [0.2, 0.25) is 0 Å². The highest BCUT2D eigenvalue weighted by atomic mass is 35.5. The molecule has 0 bridgehead atoms. The number of anilines is 1. The van der Waals surface area contributed by atoms with Crippen LogP contribution in [-0.2, 0) is 6.54 Å². The van der Waals surface area contributed by atoms with Crippen LogP contribution in [0.2, 0.25) is 10.0 Å². The Hall–Kier alpha value is -3.86. The van der Waals surface area contributed by atoms with E-state index in [1.54, 1.807) is 6.07 Å². The molecule has 0 aliphatic carbocycles. The summed E-state index contributed by atoms with van der Waals surface area (Å²) in [6, 6.07) is 35.8. The quantitative estimate of drug-likeness (QED) is 0.169. The first-order chi connectivity index (χ1) is 17.2. The fraction of sp³-hybridized carbons (Fsp3) is 0.0345. The number of nitrogens with zero attached hydrogens (tertiary/aromatic N) is 4. The van der Waals surface area contributed by atoms with Gasteiger partial charge in [0.25, 0.3) is 0 Å². The first-order valence-corrected chi connectivity index (χ1v) is 11.9. The molecule has 1 heterocycles. The van der Waals surface area contributed by atoms with Crippen molar-refractivity contribution in [3.8, 4) is 16.9 Å². The lowest BCUT2D eigenvalue weighted by molar-refractivity contribution is 0.858. The number of rotatable bonds is 7. The predicted molar refractivity (Wildman–Crippen MR) is 146 cm³/mol. The molecule has 0 amide bonds. The summed E-state index contributed by atoms with van der Waals surface area (Å²) in [6.45, 7) is 0.630. The molecule has 0 fully saturated rings. The van der Waals surface area contributed by atoms with E-state index in [4.69, 9.17) is 33.4 Å². The minimum absolute atomic E-state index is 0.537. The molecule has 0 aliphatic heterocycles. The molecule has 1 aromatic heterocycles. The fourth-order valence-electron chi connectivity index (χ4n) is 3.77. The van der Waals surface area contributed by atoms with Crippen molar-refractivity contribution in [3.63, 3.8) is 0 Å². The van der Waals surface area contributed by atoms with E-state index < -0.39 is 0 Å². The van der Waals surface area contributed by atoms with Crippen LogP contribution in [0.3, 0.4) is 0 Å². The summed E-state index contributed by atoms with van der Waals surface area (Å²) in [7, 11) is 0. The molecule has 0 radical (unpaired) electrons. The van der Waals surface area contributed by atoms with Crippen molar-refractivity contribution in [2.45, 2.75) is 6.54 Å². The number of hydrogen-bond donors (Lipinski definition) is 0. The Kier molecular flexibility index (Phi) is 6.94. The first-order valence-electron chi connectivity index (χ1n) is 11.2. The molecular weight excluding hydrogens is 475 g/mol. The minimum Gasteiger partial charge on any atom is -0.261 e. The van der Waals surface area contributed by atoms with Crippen LogP contribution in [0.1, 0.15) is 11.1 Å². The zero-order valence-corrected chi connectivity index (χ0v) is 20.3. The molecular formula is C29H22Cl2N4. The number of para-hydroxylation sites is 2. The van der Waals surface area contributed by atoms with Gasteiger partial charge in [0.1, 0.15) is 5.69 Å². The van der Waals surface area contributed by atoms with Gasteiger partial charge in [-0.25, -0.2) is 4.68 Å². The monoisotopic (exact) mass is 496 g/mol. The molecule has 0 N–H and O–H groups in total. The van der Waals surface area contributed by atoms with Crippen LogP contribution in [0.15, 0.2) is 120 Å². The normalized spacial score (nSPS) is 11.1. The van der Waals surface area contributed by atoms with Gasteiger partial charge < -0.3 is 0 Å². The molecule has 0 unspecified atom stereocenters. The van der Waals surface area contributed by atoms with Crippen LogP contribution in [0.25, 0.3) is 16.9 Å². The third-order valence-corrected chi connectivity index (χ3v) is 6.06. The van der Waals surface area contributed by atoms with Crippen LogP contribution in [0.5, 0.6) is 0 Å². The summed E-state index contributed by atoms with van der Waals surface area (Å²) in [6.07, 6.45) is 3.80. The molecule has 4 nitrogen and oxygen atoms in total. The van der Waals surface area contributed by atoms with Crippen molar-refractivity contribution >= 4 is 35.1 Å². The van der Waals surface area contributed by atoms with Gasteiger partial charge in [-0.3, -0.25) is 5.01 Å². The fourth-order valence-corrected chi connectivity index (χ4v) is 4.27. The Balaban J connectivity index is 1.57. The standard InChI is InChI=1S/C29H22Cl2N4/c30-24-16-17-27(28(31)18-24)29-23(21-35(33-29)26-14-8-3-9-15-26)19-32-34(25-12-6-2-7-13-25)20-22-10-4-1-5-11-22/h1-19,21H,20H2/b32-19-. The van der Waals surface area contributed by atoms with Crippen molar-refractivity contribution in [1.29, 1.82) is 0 Å². The summed E-state index contributed by atoms with van der Waals surface area (Å²) < 4.78 is 1.84. The molecule has 0 spiro atoms. The highest BCUT2D eigenvalue weighted by Gasteiger charge is 2.15. The van der Waals surface area contributed by atoms with E-state index in [0.717, 1.165) is 33.8 Å². The molecule has 5 aromatic rings. The Labute approximate surface area is 214 Å². The highest BCUT2D eigenvalue weighted by Crippen LogP contribution is 2.32. The lowest BCUT2D eigenvalue weighted by Gasteiger charge is -2.19. The second-order valence-electron chi connectivity index (χ2n) is 7.96. The van der Waals surface area contributed by atoms with Crippen molar-refractivity contribution in [2.24, 2.45) is 5.10 Å². The second-order valence-corrected chi connectivity index (χ2v) is 8.80. The average Bonchev–Trinajstić information content (AvgIpc) is 3.32. The number of benzene rings is 4. The van der Waals surface area contributed by atoms with Crippen LogP contribution >= 0.6 is 23.2 Å². The maximum absolute atomic E-state index is 6.57. The number of halogens is 2. The van der Waals surface area contributed by atoms with Gasteiger partial charge in [-0.15, -0.1) is 0 Å². The lowest BCUT2D eigenvalue weighted by Crippen LogP contribution is -2.16. The third-order valence-electron chi connectivity index (χ3n) is 5.52. The van der Waals surface area contributed by atoms with Gasteiger partial charge in [-0.05, 0) is 48.0 Å². The Morgan fingerprint density at radius 1 is 0.800 bits per heavy atom. The molecule has 35 heavy (non-hydrogen) atoms. The van der Waals surface area contributed by atoms with Crippen LogP contribution in [-0.4, -0.2) is 16.0 Å². The van der Waals surface area contributed by atoms with E-state index >= 15 is 0 Å². The molecule has 6 heteroatoms.